The molecule has 152 valence electrons. The van der Waals surface area contributed by atoms with E-state index in [1.807, 2.05) is 20.8 Å². The summed E-state index contributed by atoms with van der Waals surface area (Å²) >= 11 is 0. The minimum absolute atomic E-state index is 0.0313. The number of carbonyl (C=O) groups excluding carboxylic acids is 1. The maximum Gasteiger partial charge on any atom is 0.272 e. The smallest absolute Gasteiger partial charge is 0.272 e. The van der Waals surface area contributed by atoms with Gasteiger partial charge in [0.2, 0.25) is 10.0 Å². The summed E-state index contributed by atoms with van der Waals surface area (Å²) in [4.78, 5) is 17.3. The van der Waals surface area contributed by atoms with Crippen molar-refractivity contribution in [1.29, 1.82) is 0 Å². The van der Waals surface area contributed by atoms with Gasteiger partial charge in [-0.2, -0.15) is 4.31 Å². The monoisotopic (exact) mass is 406 g/mol. The highest BCUT2D eigenvalue weighted by molar-refractivity contribution is 7.89. The van der Waals surface area contributed by atoms with Crippen LogP contribution >= 0.6 is 0 Å². The number of benzene rings is 1. The molecule has 2 heterocycles. The third-order valence-corrected chi connectivity index (χ3v) is 6.95. The first-order valence-corrected chi connectivity index (χ1v) is 10.7. The Morgan fingerprint density at radius 1 is 1.29 bits per heavy atom. The highest BCUT2D eigenvalue weighted by Crippen LogP contribution is 2.31. The highest BCUT2D eigenvalue weighted by Gasteiger charge is 2.34. The Kier molecular flexibility index (Phi) is 5.87. The van der Waals surface area contributed by atoms with E-state index in [0.29, 0.717) is 11.4 Å². The fourth-order valence-corrected chi connectivity index (χ4v) is 4.59. The van der Waals surface area contributed by atoms with Crippen molar-refractivity contribution in [2.75, 3.05) is 20.3 Å². The Labute approximate surface area is 165 Å². The number of hydrogen-bond acceptors (Lipinski definition) is 5. The van der Waals surface area contributed by atoms with Crippen LogP contribution in [-0.4, -0.2) is 54.5 Å². The first-order valence-electron chi connectivity index (χ1n) is 9.23. The number of nitrogens with zero attached hydrogens (tertiary/aromatic N) is 3. The molecule has 9 heteroatoms. The fourth-order valence-electron chi connectivity index (χ4n) is 3.02. The van der Waals surface area contributed by atoms with Crippen LogP contribution in [0.25, 0.3) is 5.69 Å². The lowest BCUT2D eigenvalue weighted by molar-refractivity contribution is 0.0924. The number of sulfonamides is 1. The number of amides is 1. The molecule has 0 saturated heterocycles. The summed E-state index contributed by atoms with van der Waals surface area (Å²) in [5.74, 6) is -0.0390. The molecule has 0 saturated carbocycles. The second-order valence-corrected chi connectivity index (χ2v) is 9.12. The lowest BCUT2D eigenvalue weighted by atomic mass is 10.1. The van der Waals surface area contributed by atoms with Gasteiger partial charge in [0.15, 0.2) is 5.69 Å². The molecule has 0 radical (unpaired) electrons. The summed E-state index contributed by atoms with van der Waals surface area (Å²) in [7, 11) is -2.21. The maximum absolute atomic E-state index is 13.2. The van der Waals surface area contributed by atoms with Gasteiger partial charge in [-0.15, -0.1) is 0 Å². The van der Waals surface area contributed by atoms with Gasteiger partial charge in [-0.25, -0.2) is 13.4 Å². The second-order valence-electron chi connectivity index (χ2n) is 7.22. The number of para-hydroxylation sites is 1. The van der Waals surface area contributed by atoms with E-state index < -0.39 is 10.0 Å². The third-order valence-electron chi connectivity index (χ3n) is 5.05. The Balaban J connectivity index is 2.09. The number of aromatic nitrogens is 2. The standard InChI is InChI=1S/C19H26N4O4S/c1-13(2)14(3)21-19(24)18-16-11-22(9-10-27-4)28(25,26)17-8-6-5-7-15(17)23(16)12-20-18/h5-8,12-14H,9-11H2,1-4H3,(H,21,24). The van der Waals surface area contributed by atoms with Crippen LogP contribution < -0.4 is 5.32 Å². The SMILES string of the molecule is COCCN1Cc2c(C(=O)NC(C)C(C)C)ncn2-c2ccccc2S1(=O)=O. The molecule has 1 aromatic carbocycles. The number of rotatable bonds is 6. The summed E-state index contributed by atoms with van der Waals surface area (Å²) in [5.41, 5.74) is 1.26. The van der Waals surface area contributed by atoms with Gasteiger partial charge in [-0.3, -0.25) is 9.36 Å². The minimum Gasteiger partial charge on any atom is -0.383 e. The lowest BCUT2D eigenvalue weighted by Crippen LogP contribution is -2.37. The maximum atomic E-state index is 13.2. The summed E-state index contributed by atoms with van der Waals surface area (Å²) < 4.78 is 34.5. The molecule has 8 nitrogen and oxygen atoms in total. The fraction of sp³-hybridized carbons (Fsp3) is 0.474. The van der Waals surface area contributed by atoms with E-state index in [-0.39, 0.29) is 48.2 Å². The molecule has 1 aliphatic rings. The number of nitrogens with one attached hydrogen (secondary N) is 1. The molecule has 1 aromatic heterocycles. The minimum atomic E-state index is -3.74. The summed E-state index contributed by atoms with van der Waals surface area (Å²) in [6.07, 6.45) is 1.51. The predicted octanol–water partition coefficient (Wildman–Crippen LogP) is 1.80. The van der Waals surface area contributed by atoms with Crippen molar-refractivity contribution < 1.29 is 17.9 Å². The van der Waals surface area contributed by atoms with Gasteiger partial charge < -0.3 is 10.1 Å². The first kappa shape index (κ1) is 20.5. The van der Waals surface area contributed by atoms with Crippen molar-refractivity contribution in [2.45, 2.75) is 38.3 Å². The molecule has 3 rings (SSSR count). The number of methoxy groups -OCH3 is 1. The van der Waals surface area contributed by atoms with Crippen molar-refractivity contribution >= 4 is 15.9 Å². The largest absolute Gasteiger partial charge is 0.383 e. The third kappa shape index (κ3) is 3.69. The number of imidazole rings is 1. The van der Waals surface area contributed by atoms with Gasteiger partial charge in [0.05, 0.1) is 24.5 Å². The Bertz CT molecular complexity index is 968. The molecule has 0 fully saturated rings. The molecule has 1 amide bonds. The van der Waals surface area contributed by atoms with E-state index in [4.69, 9.17) is 4.74 Å². The molecule has 1 aliphatic heterocycles. The van der Waals surface area contributed by atoms with Crippen LogP contribution in [0, 0.1) is 5.92 Å². The van der Waals surface area contributed by atoms with E-state index in [0.717, 1.165) is 0 Å². The van der Waals surface area contributed by atoms with Crippen LogP contribution in [0.15, 0.2) is 35.5 Å². The van der Waals surface area contributed by atoms with Gasteiger partial charge in [0, 0.05) is 19.7 Å². The van der Waals surface area contributed by atoms with Gasteiger partial charge in [-0.05, 0) is 25.0 Å². The van der Waals surface area contributed by atoms with E-state index in [9.17, 15) is 13.2 Å². The quantitative estimate of drug-likeness (QED) is 0.790. The van der Waals surface area contributed by atoms with Crippen molar-refractivity contribution in [3.63, 3.8) is 0 Å². The summed E-state index contributed by atoms with van der Waals surface area (Å²) in [6, 6.07) is 6.71. The van der Waals surface area contributed by atoms with Crippen LogP contribution in [0.2, 0.25) is 0 Å². The van der Waals surface area contributed by atoms with Crippen LogP contribution in [0.4, 0.5) is 0 Å². The Morgan fingerprint density at radius 2 is 2.00 bits per heavy atom. The summed E-state index contributed by atoms with van der Waals surface area (Å²) in [6.45, 7) is 6.45. The van der Waals surface area contributed by atoms with Crippen molar-refractivity contribution in [2.24, 2.45) is 5.92 Å². The molecule has 1 unspecified atom stereocenters. The second kappa shape index (κ2) is 8.02. The normalized spacial score (nSPS) is 16.9. The van der Waals surface area contributed by atoms with E-state index in [1.165, 1.54) is 17.7 Å². The van der Waals surface area contributed by atoms with Crippen LogP contribution in [-0.2, 0) is 21.3 Å². The molecule has 1 N–H and O–H groups in total. The van der Waals surface area contributed by atoms with Crippen molar-refractivity contribution in [3.8, 4) is 5.69 Å². The molecule has 0 aliphatic carbocycles. The van der Waals surface area contributed by atoms with Gasteiger partial charge in [-0.1, -0.05) is 26.0 Å². The van der Waals surface area contributed by atoms with Crippen molar-refractivity contribution in [1.82, 2.24) is 19.2 Å². The number of hydrogen-bond donors (Lipinski definition) is 1. The zero-order valence-electron chi connectivity index (χ0n) is 16.5. The lowest BCUT2D eigenvalue weighted by Gasteiger charge is -2.20. The molecule has 1 atom stereocenters. The zero-order valence-corrected chi connectivity index (χ0v) is 17.4. The predicted molar refractivity (Wildman–Crippen MR) is 105 cm³/mol. The molecule has 0 bridgehead atoms. The van der Waals surface area contributed by atoms with Gasteiger partial charge >= 0.3 is 0 Å². The topological polar surface area (TPSA) is 93.5 Å². The summed E-state index contributed by atoms with van der Waals surface area (Å²) in [5, 5.41) is 2.95. The molecular formula is C19H26N4O4S. The van der Waals surface area contributed by atoms with E-state index >= 15 is 0 Å². The molecular weight excluding hydrogens is 380 g/mol. The number of carbonyl (C=O) groups is 1. The first-order chi connectivity index (χ1) is 13.3. The van der Waals surface area contributed by atoms with Crippen LogP contribution in [0.3, 0.4) is 0 Å². The zero-order chi connectivity index (χ0) is 20.5. The molecule has 2 aromatic rings. The van der Waals surface area contributed by atoms with Crippen molar-refractivity contribution in [3.05, 3.63) is 42.0 Å². The number of fused-ring (bicyclic) bond motifs is 3. The molecule has 28 heavy (non-hydrogen) atoms. The average molecular weight is 407 g/mol. The number of ether oxygens (including phenoxy) is 1. The van der Waals surface area contributed by atoms with Gasteiger partial charge in [0.25, 0.3) is 5.91 Å². The Morgan fingerprint density at radius 3 is 2.68 bits per heavy atom. The van der Waals surface area contributed by atoms with Crippen LogP contribution in [0.5, 0.6) is 0 Å². The average Bonchev–Trinajstić information content (AvgIpc) is 3.04. The van der Waals surface area contributed by atoms with Gasteiger partial charge in [0.1, 0.15) is 11.2 Å². The van der Waals surface area contributed by atoms with E-state index in [1.54, 1.807) is 28.8 Å². The Hall–Kier alpha value is -2.23. The van der Waals surface area contributed by atoms with E-state index in [2.05, 4.69) is 10.3 Å². The molecule has 0 spiro atoms. The highest BCUT2D eigenvalue weighted by atomic mass is 32.2. The van der Waals surface area contributed by atoms with Crippen LogP contribution in [0.1, 0.15) is 37.0 Å².